The topological polar surface area (TPSA) is 94.2 Å². The number of methoxy groups -OCH3 is 1. The molecular weight excluding hydrogens is 310 g/mol. The van der Waals surface area contributed by atoms with Gasteiger partial charge in [0.2, 0.25) is 11.8 Å². The summed E-state index contributed by atoms with van der Waals surface area (Å²) in [4.78, 5) is 18.5. The maximum absolute atomic E-state index is 12.2. The van der Waals surface area contributed by atoms with Crippen LogP contribution in [0.3, 0.4) is 0 Å². The number of rotatable bonds is 5. The molecular formula is C16H19N5O3. The number of aromatic nitrogens is 4. The standard InChI is InChI=1S/C16H19N5O3/c1-23-13-6-5-12(18-19-13)16-17-15(20-24-16)11-7-14(22)21(9-11)8-10-3-2-4-10/h5-6,10-11H,2-4,7-9H2,1H3. The summed E-state index contributed by atoms with van der Waals surface area (Å²) in [6.07, 6.45) is 4.20. The molecule has 1 aliphatic carbocycles. The Kier molecular flexibility index (Phi) is 3.87. The lowest BCUT2D eigenvalue weighted by Crippen LogP contribution is -2.33. The molecule has 0 bridgehead atoms. The lowest BCUT2D eigenvalue weighted by atomic mass is 9.85. The Morgan fingerprint density at radius 1 is 1.33 bits per heavy atom. The second kappa shape index (κ2) is 6.18. The van der Waals surface area contributed by atoms with E-state index in [0.29, 0.717) is 42.2 Å². The summed E-state index contributed by atoms with van der Waals surface area (Å²) >= 11 is 0. The summed E-state index contributed by atoms with van der Waals surface area (Å²) in [6, 6.07) is 3.40. The smallest absolute Gasteiger partial charge is 0.278 e. The number of hydrogen-bond acceptors (Lipinski definition) is 7. The maximum atomic E-state index is 12.2. The van der Waals surface area contributed by atoms with Crippen molar-refractivity contribution < 1.29 is 14.1 Å². The Hall–Kier alpha value is -2.51. The van der Waals surface area contributed by atoms with Gasteiger partial charge in [0, 0.05) is 31.5 Å². The summed E-state index contributed by atoms with van der Waals surface area (Å²) in [5.41, 5.74) is 0.491. The van der Waals surface area contributed by atoms with Crippen LogP contribution in [0, 0.1) is 5.92 Å². The molecule has 0 N–H and O–H groups in total. The summed E-state index contributed by atoms with van der Waals surface area (Å²) in [7, 11) is 1.53. The number of amides is 1. The number of likely N-dealkylation sites (tertiary alicyclic amines) is 1. The van der Waals surface area contributed by atoms with Gasteiger partial charge in [-0.2, -0.15) is 4.98 Å². The molecule has 2 aliphatic rings. The van der Waals surface area contributed by atoms with Crippen molar-refractivity contribution in [2.75, 3.05) is 20.2 Å². The van der Waals surface area contributed by atoms with Crippen LogP contribution in [-0.2, 0) is 4.79 Å². The van der Waals surface area contributed by atoms with E-state index in [4.69, 9.17) is 9.26 Å². The van der Waals surface area contributed by atoms with Crippen molar-refractivity contribution in [3.63, 3.8) is 0 Å². The van der Waals surface area contributed by atoms with E-state index in [1.165, 1.54) is 26.4 Å². The van der Waals surface area contributed by atoms with E-state index in [1.807, 2.05) is 4.90 Å². The molecule has 0 aromatic carbocycles. The molecule has 8 heteroatoms. The average molecular weight is 329 g/mol. The maximum Gasteiger partial charge on any atom is 0.278 e. The summed E-state index contributed by atoms with van der Waals surface area (Å²) in [6.45, 7) is 1.53. The first-order valence-corrected chi connectivity index (χ1v) is 8.22. The Labute approximate surface area is 139 Å². The quantitative estimate of drug-likeness (QED) is 0.823. The number of carbonyl (C=O) groups excluding carboxylic acids is 1. The van der Waals surface area contributed by atoms with Crippen LogP contribution >= 0.6 is 0 Å². The molecule has 2 aromatic heterocycles. The van der Waals surface area contributed by atoms with Gasteiger partial charge in [-0.15, -0.1) is 10.2 Å². The minimum atomic E-state index is -0.0127. The average Bonchev–Trinajstić information content (AvgIpc) is 3.18. The predicted octanol–water partition coefficient (Wildman–Crippen LogP) is 1.65. The molecule has 1 unspecified atom stereocenters. The zero-order chi connectivity index (χ0) is 16.5. The molecule has 1 amide bonds. The summed E-state index contributed by atoms with van der Waals surface area (Å²) in [5.74, 6) is 2.13. The van der Waals surface area contributed by atoms with Crippen molar-refractivity contribution >= 4 is 5.91 Å². The van der Waals surface area contributed by atoms with E-state index in [2.05, 4.69) is 20.3 Å². The zero-order valence-corrected chi connectivity index (χ0v) is 13.5. The van der Waals surface area contributed by atoms with Crippen LogP contribution < -0.4 is 4.74 Å². The molecule has 3 heterocycles. The van der Waals surface area contributed by atoms with Gasteiger partial charge in [-0.25, -0.2) is 0 Å². The molecule has 4 rings (SSSR count). The van der Waals surface area contributed by atoms with E-state index in [-0.39, 0.29) is 11.8 Å². The lowest BCUT2D eigenvalue weighted by Gasteiger charge is -2.30. The van der Waals surface area contributed by atoms with Crippen LogP contribution in [0.4, 0.5) is 0 Å². The Morgan fingerprint density at radius 3 is 2.88 bits per heavy atom. The van der Waals surface area contributed by atoms with E-state index < -0.39 is 0 Å². The number of nitrogens with zero attached hydrogens (tertiary/aromatic N) is 5. The van der Waals surface area contributed by atoms with Crippen LogP contribution in [0.2, 0.25) is 0 Å². The highest BCUT2D eigenvalue weighted by Gasteiger charge is 2.35. The van der Waals surface area contributed by atoms with Crippen molar-refractivity contribution in [1.29, 1.82) is 0 Å². The van der Waals surface area contributed by atoms with Gasteiger partial charge in [-0.1, -0.05) is 11.6 Å². The van der Waals surface area contributed by atoms with Crippen LogP contribution in [0.25, 0.3) is 11.6 Å². The zero-order valence-electron chi connectivity index (χ0n) is 13.5. The van der Waals surface area contributed by atoms with E-state index in [9.17, 15) is 4.79 Å². The highest BCUT2D eigenvalue weighted by Crippen LogP contribution is 2.32. The molecule has 1 atom stereocenters. The molecule has 1 saturated carbocycles. The van der Waals surface area contributed by atoms with Gasteiger partial charge < -0.3 is 14.2 Å². The van der Waals surface area contributed by atoms with Crippen LogP contribution in [0.1, 0.15) is 37.4 Å². The molecule has 24 heavy (non-hydrogen) atoms. The molecule has 8 nitrogen and oxygen atoms in total. The fourth-order valence-electron chi connectivity index (χ4n) is 3.16. The van der Waals surface area contributed by atoms with Gasteiger partial charge in [0.05, 0.1) is 7.11 Å². The fraction of sp³-hybridized carbons (Fsp3) is 0.562. The molecule has 1 saturated heterocycles. The molecule has 126 valence electrons. The van der Waals surface area contributed by atoms with Crippen LogP contribution in [-0.4, -0.2) is 51.3 Å². The second-order valence-corrected chi connectivity index (χ2v) is 6.42. The molecule has 1 aliphatic heterocycles. The third-order valence-corrected chi connectivity index (χ3v) is 4.79. The van der Waals surface area contributed by atoms with Crippen LogP contribution in [0.15, 0.2) is 16.7 Å². The number of carbonyl (C=O) groups is 1. The third kappa shape index (κ3) is 2.83. The van der Waals surface area contributed by atoms with Crippen molar-refractivity contribution in [3.8, 4) is 17.5 Å². The monoisotopic (exact) mass is 329 g/mol. The molecule has 2 fully saturated rings. The third-order valence-electron chi connectivity index (χ3n) is 4.79. The largest absolute Gasteiger partial charge is 0.480 e. The molecule has 0 radical (unpaired) electrons. The first-order chi connectivity index (χ1) is 11.7. The highest BCUT2D eigenvalue weighted by molar-refractivity contribution is 5.79. The number of hydrogen-bond donors (Lipinski definition) is 0. The van der Waals surface area contributed by atoms with Crippen LogP contribution in [0.5, 0.6) is 5.88 Å². The minimum absolute atomic E-state index is 0.0127. The SMILES string of the molecule is COc1ccc(-c2nc(C3CC(=O)N(CC4CCC4)C3)no2)nn1. The molecule has 2 aromatic rings. The van der Waals surface area contributed by atoms with Crippen molar-refractivity contribution in [2.24, 2.45) is 5.92 Å². The summed E-state index contributed by atoms with van der Waals surface area (Å²) < 4.78 is 10.3. The Balaban J connectivity index is 1.45. The van der Waals surface area contributed by atoms with Crippen molar-refractivity contribution in [2.45, 2.75) is 31.6 Å². The fourth-order valence-corrected chi connectivity index (χ4v) is 3.16. The molecule has 0 spiro atoms. The Bertz CT molecular complexity index is 726. The lowest BCUT2D eigenvalue weighted by molar-refractivity contribution is -0.128. The normalized spacial score (nSPS) is 21.1. The van der Waals surface area contributed by atoms with Crippen molar-refractivity contribution in [1.82, 2.24) is 25.2 Å². The van der Waals surface area contributed by atoms with Gasteiger partial charge in [0.15, 0.2) is 11.5 Å². The summed E-state index contributed by atoms with van der Waals surface area (Å²) in [5, 5.41) is 11.9. The van der Waals surface area contributed by atoms with Crippen molar-refractivity contribution in [3.05, 3.63) is 18.0 Å². The van der Waals surface area contributed by atoms with E-state index >= 15 is 0 Å². The number of ether oxygens (including phenoxy) is 1. The first-order valence-electron chi connectivity index (χ1n) is 8.22. The van der Waals surface area contributed by atoms with E-state index in [0.717, 1.165) is 6.54 Å². The van der Waals surface area contributed by atoms with Gasteiger partial charge in [0.1, 0.15) is 0 Å². The highest BCUT2D eigenvalue weighted by atomic mass is 16.5. The second-order valence-electron chi connectivity index (χ2n) is 6.42. The Morgan fingerprint density at radius 2 is 2.21 bits per heavy atom. The van der Waals surface area contributed by atoms with Gasteiger partial charge in [0.25, 0.3) is 5.89 Å². The van der Waals surface area contributed by atoms with Gasteiger partial charge in [-0.05, 0) is 24.8 Å². The van der Waals surface area contributed by atoms with E-state index in [1.54, 1.807) is 12.1 Å². The van der Waals surface area contributed by atoms with Gasteiger partial charge >= 0.3 is 0 Å². The van der Waals surface area contributed by atoms with Gasteiger partial charge in [-0.3, -0.25) is 4.79 Å². The predicted molar refractivity (Wildman–Crippen MR) is 83.2 cm³/mol. The minimum Gasteiger partial charge on any atom is -0.480 e. The first kappa shape index (κ1) is 15.0.